The number of rotatable bonds is 7. The molecule has 1 aromatic heterocycles. The molecule has 0 fully saturated rings. The maximum absolute atomic E-state index is 13.2. The minimum atomic E-state index is -0.363. The Balaban J connectivity index is 1.66. The summed E-state index contributed by atoms with van der Waals surface area (Å²) in [6, 6.07) is 20.5. The Morgan fingerprint density at radius 1 is 0.935 bits per heavy atom. The van der Waals surface area contributed by atoms with Gasteiger partial charge in [0.1, 0.15) is 17.9 Å². The number of aryl methyl sites for hydroxylation is 1. The third kappa shape index (κ3) is 4.19. The largest absolute Gasteiger partial charge is 0.493 e. The van der Waals surface area contributed by atoms with E-state index in [4.69, 9.17) is 18.6 Å². The molecule has 0 atom stereocenters. The van der Waals surface area contributed by atoms with E-state index >= 15 is 0 Å². The molecule has 1 heterocycles. The average molecular weight is 417 g/mol. The Hall–Kier alpha value is -3.93. The predicted molar refractivity (Wildman–Crippen MR) is 119 cm³/mol. The number of carbonyl (C=O) groups is 1. The smallest absolute Gasteiger partial charge is 0.291 e. The second kappa shape index (κ2) is 8.83. The zero-order valence-corrected chi connectivity index (χ0v) is 17.6. The summed E-state index contributed by atoms with van der Waals surface area (Å²) in [5.74, 6) is 1.69. The highest BCUT2D eigenvalue weighted by Crippen LogP contribution is 2.34. The Morgan fingerprint density at radius 3 is 2.35 bits per heavy atom. The normalized spacial score (nSPS) is 10.7. The van der Waals surface area contributed by atoms with E-state index in [-0.39, 0.29) is 18.3 Å². The molecule has 1 amide bonds. The van der Waals surface area contributed by atoms with Gasteiger partial charge in [-0.15, -0.1) is 0 Å². The van der Waals surface area contributed by atoms with E-state index in [2.05, 4.69) is 5.32 Å². The molecule has 0 aliphatic heterocycles. The van der Waals surface area contributed by atoms with E-state index in [1.807, 2.05) is 67.6 Å². The van der Waals surface area contributed by atoms with Crippen LogP contribution in [0, 0.1) is 6.92 Å². The lowest BCUT2D eigenvalue weighted by molar-refractivity contribution is 0.0995. The molecule has 6 nitrogen and oxygen atoms in total. The van der Waals surface area contributed by atoms with Gasteiger partial charge >= 0.3 is 0 Å². The number of para-hydroxylation sites is 2. The van der Waals surface area contributed by atoms with Gasteiger partial charge in [-0.05, 0) is 36.8 Å². The van der Waals surface area contributed by atoms with E-state index in [9.17, 15) is 4.79 Å². The summed E-state index contributed by atoms with van der Waals surface area (Å²) < 4.78 is 22.5. The first-order valence-corrected chi connectivity index (χ1v) is 9.83. The second-order valence-corrected chi connectivity index (χ2v) is 6.98. The molecule has 0 saturated carbocycles. The molecule has 6 heteroatoms. The van der Waals surface area contributed by atoms with Crippen LogP contribution in [0.15, 0.2) is 71.1 Å². The van der Waals surface area contributed by atoms with Crippen LogP contribution in [0.5, 0.6) is 17.2 Å². The van der Waals surface area contributed by atoms with Crippen LogP contribution in [-0.2, 0) is 6.61 Å². The summed E-state index contributed by atoms with van der Waals surface area (Å²) in [6.07, 6.45) is 0. The van der Waals surface area contributed by atoms with Gasteiger partial charge in [-0.1, -0.05) is 36.4 Å². The van der Waals surface area contributed by atoms with Gasteiger partial charge in [0.2, 0.25) is 0 Å². The molecule has 0 radical (unpaired) electrons. The van der Waals surface area contributed by atoms with E-state index < -0.39 is 0 Å². The van der Waals surface area contributed by atoms with Crippen LogP contribution in [0.1, 0.15) is 21.7 Å². The van der Waals surface area contributed by atoms with Gasteiger partial charge in [-0.3, -0.25) is 4.79 Å². The van der Waals surface area contributed by atoms with Crippen molar-refractivity contribution in [3.8, 4) is 17.2 Å². The summed E-state index contributed by atoms with van der Waals surface area (Å²) >= 11 is 0. The van der Waals surface area contributed by atoms with Crippen molar-refractivity contribution < 1.29 is 23.4 Å². The van der Waals surface area contributed by atoms with E-state index in [0.29, 0.717) is 28.3 Å². The number of carbonyl (C=O) groups excluding carboxylic acids is 1. The van der Waals surface area contributed by atoms with Crippen LogP contribution in [-0.4, -0.2) is 20.1 Å². The summed E-state index contributed by atoms with van der Waals surface area (Å²) in [5, 5.41) is 3.77. The maximum atomic E-state index is 13.2. The van der Waals surface area contributed by atoms with Crippen molar-refractivity contribution in [3.63, 3.8) is 0 Å². The third-order valence-electron chi connectivity index (χ3n) is 5.01. The van der Waals surface area contributed by atoms with Crippen molar-refractivity contribution in [3.05, 3.63) is 83.6 Å². The number of hydrogen-bond acceptors (Lipinski definition) is 5. The average Bonchev–Trinajstić information content (AvgIpc) is 3.18. The second-order valence-electron chi connectivity index (χ2n) is 6.98. The summed E-state index contributed by atoms with van der Waals surface area (Å²) in [7, 11) is 3.13. The van der Waals surface area contributed by atoms with Crippen molar-refractivity contribution in [1.82, 2.24) is 0 Å². The monoisotopic (exact) mass is 417 g/mol. The summed E-state index contributed by atoms with van der Waals surface area (Å²) in [6.45, 7) is 2.09. The third-order valence-corrected chi connectivity index (χ3v) is 5.01. The minimum Gasteiger partial charge on any atom is -0.493 e. The molecule has 0 saturated heterocycles. The molecule has 0 spiro atoms. The number of methoxy groups -OCH3 is 2. The number of anilines is 1. The van der Waals surface area contributed by atoms with Crippen LogP contribution in [0.25, 0.3) is 11.0 Å². The Kier molecular flexibility index (Phi) is 5.80. The number of nitrogens with one attached hydrogen (secondary N) is 1. The summed E-state index contributed by atoms with van der Waals surface area (Å²) in [4.78, 5) is 13.2. The molecule has 1 N–H and O–H groups in total. The molecule has 4 rings (SSSR count). The Labute approximate surface area is 180 Å². The lowest BCUT2D eigenvalue weighted by Crippen LogP contribution is -2.15. The molecule has 31 heavy (non-hydrogen) atoms. The quantitative estimate of drug-likeness (QED) is 0.424. The first-order chi connectivity index (χ1) is 15.1. The van der Waals surface area contributed by atoms with Crippen LogP contribution >= 0.6 is 0 Å². The SMILES string of the molecule is COc1cc(C)c(NC(=O)c2oc3ccccc3c2COc2ccccc2)cc1OC. The zero-order chi connectivity index (χ0) is 21.8. The maximum Gasteiger partial charge on any atom is 0.291 e. The van der Waals surface area contributed by atoms with Gasteiger partial charge in [0.05, 0.1) is 14.2 Å². The fourth-order valence-corrected chi connectivity index (χ4v) is 3.39. The van der Waals surface area contributed by atoms with Crippen molar-refractivity contribution in [2.24, 2.45) is 0 Å². The Bertz CT molecular complexity index is 1210. The van der Waals surface area contributed by atoms with E-state index in [1.54, 1.807) is 20.3 Å². The highest BCUT2D eigenvalue weighted by molar-refractivity contribution is 6.07. The lowest BCUT2D eigenvalue weighted by Gasteiger charge is -2.13. The molecule has 3 aromatic carbocycles. The molecule has 0 bridgehead atoms. The molecular formula is C25H23NO5. The van der Waals surface area contributed by atoms with Crippen molar-refractivity contribution >= 4 is 22.6 Å². The first-order valence-electron chi connectivity index (χ1n) is 9.83. The van der Waals surface area contributed by atoms with Crippen molar-refractivity contribution in [2.75, 3.05) is 19.5 Å². The van der Waals surface area contributed by atoms with E-state index in [0.717, 1.165) is 16.7 Å². The molecule has 4 aromatic rings. The first kappa shape index (κ1) is 20.3. The number of furan rings is 1. The number of fused-ring (bicyclic) bond motifs is 1. The number of amides is 1. The van der Waals surface area contributed by atoms with Gasteiger partial charge < -0.3 is 23.9 Å². The van der Waals surface area contributed by atoms with Gasteiger partial charge in [-0.2, -0.15) is 0 Å². The predicted octanol–water partition coefficient (Wildman–Crippen LogP) is 5.59. The molecule has 0 unspecified atom stereocenters. The Morgan fingerprint density at radius 2 is 1.61 bits per heavy atom. The van der Waals surface area contributed by atoms with Crippen LogP contribution < -0.4 is 19.5 Å². The van der Waals surface area contributed by atoms with Gasteiger partial charge in [0, 0.05) is 22.7 Å². The number of ether oxygens (including phenoxy) is 3. The fourth-order valence-electron chi connectivity index (χ4n) is 3.39. The standard InChI is InChI=1S/C25H23NO5/c1-16-13-22(28-2)23(29-3)14-20(16)26-25(27)24-19(15-30-17-9-5-4-6-10-17)18-11-7-8-12-21(18)31-24/h4-14H,15H2,1-3H3,(H,26,27). The van der Waals surface area contributed by atoms with Crippen molar-refractivity contribution in [2.45, 2.75) is 13.5 Å². The highest BCUT2D eigenvalue weighted by atomic mass is 16.5. The van der Waals surface area contributed by atoms with Crippen LogP contribution in [0.2, 0.25) is 0 Å². The topological polar surface area (TPSA) is 69.9 Å². The fraction of sp³-hybridized carbons (Fsp3) is 0.160. The molecule has 158 valence electrons. The highest BCUT2D eigenvalue weighted by Gasteiger charge is 2.22. The van der Waals surface area contributed by atoms with Gasteiger partial charge in [-0.25, -0.2) is 0 Å². The molecule has 0 aliphatic rings. The zero-order valence-electron chi connectivity index (χ0n) is 17.6. The van der Waals surface area contributed by atoms with Crippen molar-refractivity contribution in [1.29, 1.82) is 0 Å². The summed E-state index contributed by atoms with van der Waals surface area (Å²) in [5.41, 5.74) is 2.76. The minimum absolute atomic E-state index is 0.203. The van der Waals surface area contributed by atoms with Gasteiger partial charge in [0.25, 0.3) is 5.91 Å². The van der Waals surface area contributed by atoms with Crippen LogP contribution in [0.3, 0.4) is 0 Å². The number of benzene rings is 3. The van der Waals surface area contributed by atoms with E-state index in [1.165, 1.54) is 0 Å². The van der Waals surface area contributed by atoms with Crippen LogP contribution in [0.4, 0.5) is 5.69 Å². The molecular weight excluding hydrogens is 394 g/mol. The van der Waals surface area contributed by atoms with Gasteiger partial charge in [0.15, 0.2) is 17.3 Å². The number of hydrogen-bond donors (Lipinski definition) is 1. The molecule has 0 aliphatic carbocycles. The lowest BCUT2D eigenvalue weighted by atomic mass is 10.1.